The Hall–Kier alpha value is -1.99. The molecule has 0 saturated heterocycles. The Labute approximate surface area is 129 Å². The molecule has 2 aromatic heterocycles. The van der Waals surface area contributed by atoms with Crippen molar-refractivity contribution in [3.05, 3.63) is 35.1 Å². The van der Waals surface area contributed by atoms with Gasteiger partial charge in [-0.25, -0.2) is 4.79 Å². The third-order valence-corrected chi connectivity index (χ3v) is 3.77. The van der Waals surface area contributed by atoms with Gasteiger partial charge < -0.3 is 4.74 Å². The summed E-state index contributed by atoms with van der Waals surface area (Å²) in [5.74, 6) is -0.469. The van der Waals surface area contributed by atoms with Crippen molar-refractivity contribution in [3.8, 4) is 10.6 Å². The van der Waals surface area contributed by atoms with Crippen molar-refractivity contribution in [3.63, 3.8) is 0 Å². The second-order valence-corrected chi connectivity index (χ2v) is 5.98. The van der Waals surface area contributed by atoms with Crippen molar-refractivity contribution in [2.24, 2.45) is 0 Å². The number of carbonyl (C=O) groups excluding carboxylic acids is 1. The van der Waals surface area contributed by atoms with Crippen LogP contribution in [0.4, 0.5) is 0 Å². The highest BCUT2D eigenvalue weighted by Crippen LogP contribution is 2.27. The van der Waals surface area contributed by atoms with Crippen LogP contribution in [-0.2, 0) is 4.74 Å². The van der Waals surface area contributed by atoms with Gasteiger partial charge in [0.25, 0.3) is 5.82 Å². The Morgan fingerprint density at radius 3 is 2.90 bits per heavy atom. The molecule has 21 heavy (non-hydrogen) atoms. The van der Waals surface area contributed by atoms with Crippen molar-refractivity contribution in [1.82, 2.24) is 19.8 Å². The van der Waals surface area contributed by atoms with E-state index in [1.807, 2.05) is 12.1 Å². The van der Waals surface area contributed by atoms with Gasteiger partial charge in [-0.15, -0.1) is 10.2 Å². The van der Waals surface area contributed by atoms with Crippen LogP contribution in [0.15, 0.2) is 24.3 Å². The average molecular weight is 323 g/mol. The number of hydrogen-bond acceptors (Lipinski definition) is 6. The first-order valence-electron chi connectivity index (χ1n) is 6.24. The molecule has 6 nitrogen and oxygen atoms in total. The number of ether oxygens (including phenoxy) is 1. The SMILES string of the molecule is CC(C)OC(=O)c1nnc2sc(-c3cccc(Cl)c3)nn12. The predicted octanol–water partition coefficient (Wildman–Crippen LogP) is 3.07. The first kappa shape index (κ1) is 14.0. The van der Waals surface area contributed by atoms with Crippen LogP contribution in [-0.4, -0.2) is 31.9 Å². The van der Waals surface area contributed by atoms with E-state index in [-0.39, 0.29) is 11.9 Å². The summed E-state index contributed by atoms with van der Waals surface area (Å²) in [7, 11) is 0. The molecule has 0 atom stereocenters. The van der Waals surface area contributed by atoms with Crippen molar-refractivity contribution in [2.45, 2.75) is 20.0 Å². The summed E-state index contributed by atoms with van der Waals surface area (Å²) in [6.45, 7) is 3.54. The van der Waals surface area contributed by atoms with E-state index in [1.54, 1.807) is 26.0 Å². The first-order valence-corrected chi connectivity index (χ1v) is 7.43. The summed E-state index contributed by atoms with van der Waals surface area (Å²) >= 11 is 7.30. The minimum absolute atomic E-state index is 0.0724. The monoisotopic (exact) mass is 322 g/mol. The highest BCUT2D eigenvalue weighted by atomic mass is 35.5. The lowest BCUT2D eigenvalue weighted by Crippen LogP contribution is -2.15. The molecule has 3 aromatic rings. The second kappa shape index (κ2) is 5.42. The number of carbonyl (C=O) groups is 1. The standard InChI is InChI=1S/C13H11ClN4O2S/c1-7(2)20-12(19)10-15-16-13-18(10)17-11(21-13)8-4-3-5-9(14)6-8/h3-7H,1-2H3. The Kier molecular flexibility index (Phi) is 3.60. The number of hydrogen-bond donors (Lipinski definition) is 0. The van der Waals surface area contributed by atoms with Crippen molar-refractivity contribution in [2.75, 3.05) is 0 Å². The van der Waals surface area contributed by atoms with Gasteiger partial charge in [-0.05, 0) is 26.0 Å². The van der Waals surface area contributed by atoms with Crippen LogP contribution < -0.4 is 0 Å². The van der Waals surface area contributed by atoms with Gasteiger partial charge >= 0.3 is 5.97 Å². The zero-order valence-corrected chi connectivity index (χ0v) is 12.9. The first-order chi connectivity index (χ1) is 10.0. The van der Waals surface area contributed by atoms with Crippen LogP contribution in [0.1, 0.15) is 24.5 Å². The summed E-state index contributed by atoms with van der Waals surface area (Å²) in [5, 5.41) is 13.5. The summed E-state index contributed by atoms with van der Waals surface area (Å²) < 4.78 is 6.51. The quantitative estimate of drug-likeness (QED) is 0.693. The predicted molar refractivity (Wildman–Crippen MR) is 79.7 cm³/mol. The lowest BCUT2D eigenvalue weighted by Gasteiger charge is -2.04. The largest absolute Gasteiger partial charge is 0.457 e. The Bertz CT molecular complexity index is 811. The molecule has 0 amide bonds. The highest BCUT2D eigenvalue weighted by molar-refractivity contribution is 7.19. The number of nitrogens with zero attached hydrogens (tertiary/aromatic N) is 4. The number of rotatable bonds is 3. The summed E-state index contributed by atoms with van der Waals surface area (Å²) in [6.07, 6.45) is -0.226. The molecule has 0 saturated carbocycles. The number of fused-ring (bicyclic) bond motifs is 1. The second-order valence-electron chi connectivity index (χ2n) is 4.59. The fraction of sp³-hybridized carbons (Fsp3) is 0.231. The lowest BCUT2D eigenvalue weighted by molar-refractivity contribution is 0.0360. The van der Waals surface area contributed by atoms with Gasteiger partial charge in [-0.1, -0.05) is 35.1 Å². The minimum Gasteiger partial charge on any atom is -0.457 e. The maximum Gasteiger partial charge on any atom is 0.378 e. The molecule has 8 heteroatoms. The van der Waals surface area contributed by atoms with E-state index in [4.69, 9.17) is 16.3 Å². The van der Waals surface area contributed by atoms with Crippen LogP contribution in [0.2, 0.25) is 5.02 Å². The van der Waals surface area contributed by atoms with Gasteiger partial charge in [-0.3, -0.25) is 0 Å². The number of aromatic nitrogens is 4. The van der Waals surface area contributed by atoms with E-state index in [1.165, 1.54) is 15.9 Å². The third-order valence-electron chi connectivity index (χ3n) is 2.59. The summed E-state index contributed by atoms with van der Waals surface area (Å²) in [5.41, 5.74) is 0.862. The fourth-order valence-corrected chi connectivity index (χ4v) is 2.78. The molecule has 0 radical (unpaired) electrons. The molecule has 0 fully saturated rings. The van der Waals surface area contributed by atoms with Crippen molar-refractivity contribution in [1.29, 1.82) is 0 Å². The average Bonchev–Trinajstić information content (AvgIpc) is 2.96. The van der Waals surface area contributed by atoms with Crippen LogP contribution in [0.3, 0.4) is 0 Å². The molecule has 1 aromatic carbocycles. The molecular formula is C13H11ClN4O2S. The summed E-state index contributed by atoms with van der Waals surface area (Å²) in [4.78, 5) is 12.5. The molecule has 3 rings (SSSR count). The van der Waals surface area contributed by atoms with Gasteiger partial charge in [-0.2, -0.15) is 9.61 Å². The van der Waals surface area contributed by atoms with Gasteiger partial charge in [0.15, 0.2) is 0 Å². The normalized spacial score (nSPS) is 11.2. The maximum atomic E-state index is 11.9. The molecule has 0 spiro atoms. The van der Waals surface area contributed by atoms with Crippen LogP contribution in [0, 0.1) is 0 Å². The number of benzene rings is 1. The molecule has 0 bridgehead atoms. The zero-order chi connectivity index (χ0) is 15.0. The van der Waals surface area contributed by atoms with Gasteiger partial charge in [0, 0.05) is 10.6 Å². The molecule has 0 aliphatic carbocycles. The molecule has 2 heterocycles. The van der Waals surface area contributed by atoms with Crippen LogP contribution in [0.25, 0.3) is 15.5 Å². The van der Waals surface area contributed by atoms with Crippen molar-refractivity contribution < 1.29 is 9.53 Å². The number of esters is 1. The van der Waals surface area contributed by atoms with Crippen LogP contribution in [0.5, 0.6) is 0 Å². The van der Waals surface area contributed by atoms with E-state index < -0.39 is 5.97 Å². The topological polar surface area (TPSA) is 69.4 Å². The Morgan fingerprint density at radius 2 is 2.19 bits per heavy atom. The van der Waals surface area contributed by atoms with Crippen molar-refractivity contribution >= 4 is 33.9 Å². The van der Waals surface area contributed by atoms with Crippen LogP contribution >= 0.6 is 22.9 Å². The fourth-order valence-electron chi connectivity index (χ4n) is 1.75. The van der Waals surface area contributed by atoms with E-state index in [2.05, 4.69) is 15.3 Å². The maximum absolute atomic E-state index is 11.9. The number of halogens is 1. The van der Waals surface area contributed by atoms with Gasteiger partial charge in [0.2, 0.25) is 4.96 Å². The molecule has 0 N–H and O–H groups in total. The van der Waals surface area contributed by atoms with E-state index in [9.17, 15) is 4.79 Å². The Morgan fingerprint density at radius 1 is 1.38 bits per heavy atom. The molecule has 108 valence electrons. The molecule has 0 aliphatic rings. The minimum atomic E-state index is -0.541. The highest BCUT2D eigenvalue weighted by Gasteiger charge is 2.20. The summed E-state index contributed by atoms with van der Waals surface area (Å²) in [6, 6.07) is 7.33. The zero-order valence-electron chi connectivity index (χ0n) is 11.3. The smallest absolute Gasteiger partial charge is 0.378 e. The Balaban J connectivity index is 2.02. The van der Waals surface area contributed by atoms with Gasteiger partial charge in [0.05, 0.1) is 6.10 Å². The van der Waals surface area contributed by atoms with E-state index >= 15 is 0 Å². The van der Waals surface area contributed by atoms with E-state index in [0.717, 1.165) is 5.56 Å². The molecule has 0 aliphatic heterocycles. The van der Waals surface area contributed by atoms with E-state index in [0.29, 0.717) is 15.0 Å². The molecule has 0 unspecified atom stereocenters. The lowest BCUT2D eigenvalue weighted by atomic mass is 10.2. The van der Waals surface area contributed by atoms with Gasteiger partial charge in [0.1, 0.15) is 5.01 Å². The molecular weight excluding hydrogens is 312 g/mol. The third kappa shape index (κ3) is 2.74.